The molecule has 1 atom stereocenters. The van der Waals surface area contributed by atoms with Crippen LogP contribution in [0.25, 0.3) is 0 Å². The van der Waals surface area contributed by atoms with Crippen molar-refractivity contribution >= 4 is 17.5 Å². The zero-order valence-corrected chi connectivity index (χ0v) is 14.5. The molecule has 1 aliphatic rings. The Morgan fingerprint density at radius 1 is 1.39 bits per heavy atom. The molecule has 2 aromatic rings. The van der Waals surface area contributed by atoms with E-state index in [1.54, 1.807) is 4.68 Å². The van der Waals surface area contributed by atoms with Crippen molar-refractivity contribution in [3.63, 3.8) is 0 Å². The molecular formula is C16H22ClN5O. The van der Waals surface area contributed by atoms with Crippen LogP contribution in [0.15, 0.2) is 12.4 Å². The summed E-state index contributed by atoms with van der Waals surface area (Å²) in [4.78, 5) is 14.5. The van der Waals surface area contributed by atoms with E-state index >= 15 is 0 Å². The van der Waals surface area contributed by atoms with Gasteiger partial charge < -0.3 is 4.90 Å². The normalized spacial score (nSPS) is 18.4. The van der Waals surface area contributed by atoms with Crippen LogP contribution < -0.4 is 0 Å². The number of nitrogens with zero attached hydrogens (tertiary/aromatic N) is 5. The molecule has 6 nitrogen and oxygen atoms in total. The maximum absolute atomic E-state index is 12.6. The molecule has 1 fully saturated rings. The number of rotatable bonds is 3. The highest BCUT2D eigenvalue weighted by Gasteiger charge is 2.26. The molecule has 3 heterocycles. The van der Waals surface area contributed by atoms with Crippen LogP contribution in [-0.2, 0) is 11.3 Å². The molecule has 3 rings (SSSR count). The molecule has 23 heavy (non-hydrogen) atoms. The number of aromatic nitrogens is 4. The van der Waals surface area contributed by atoms with Crippen LogP contribution in [-0.4, -0.2) is 43.5 Å². The second-order valence-corrected chi connectivity index (χ2v) is 6.65. The number of hydrogen-bond acceptors (Lipinski definition) is 3. The number of carbonyl (C=O) groups is 1. The number of piperidine rings is 1. The second kappa shape index (κ2) is 6.35. The van der Waals surface area contributed by atoms with Crippen molar-refractivity contribution in [2.75, 3.05) is 13.1 Å². The Kier molecular flexibility index (Phi) is 4.43. The Morgan fingerprint density at radius 3 is 2.78 bits per heavy atom. The van der Waals surface area contributed by atoms with Crippen LogP contribution in [0.2, 0.25) is 5.02 Å². The summed E-state index contributed by atoms with van der Waals surface area (Å²) in [6.45, 7) is 7.51. The first kappa shape index (κ1) is 16.1. The number of likely N-dealkylation sites (tertiary alicyclic amines) is 1. The summed E-state index contributed by atoms with van der Waals surface area (Å²) < 4.78 is 3.68. The second-order valence-electron chi connectivity index (χ2n) is 6.28. The number of hydrogen-bond donors (Lipinski definition) is 0. The first-order valence-corrected chi connectivity index (χ1v) is 8.31. The van der Waals surface area contributed by atoms with E-state index in [-0.39, 0.29) is 18.5 Å². The molecule has 0 N–H and O–H groups in total. The SMILES string of the molecule is Cc1cnn([C@@H]2CCCN(C(=O)Cn3nc(C)c(Cl)c3C)C2)c1. The minimum atomic E-state index is 0.0841. The van der Waals surface area contributed by atoms with Crippen molar-refractivity contribution in [3.05, 3.63) is 34.4 Å². The van der Waals surface area contributed by atoms with Crippen molar-refractivity contribution < 1.29 is 4.79 Å². The lowest BCUT2D eigenvalue weighted by atomic mass is 10.1. The zero-order valence-electron chi connectivity index (χ0n) is 13.8. The highest BCUT2D eigenvalue weighted by molar-refractivity contribution is 6.31. The molecule has 1 amide bonds. The van der Waals surface area contributed by atoms with Crippen LogP contribution in [0.5, 0.6) is 0 Å². The van der Waals surface area contributed by atoms with Gasteiger partial charge in [0.25, 0.3) is 0 Å². The van der Waals surface area contributed by atoms with Crippen LogP contribution >= 0.6 is 11.6 Å². The fourth-order valence-corrected chi connectivity index (χ4v) is 3.22. The van der Waals surface area contributed by atoms with Crippen LogP contribution in [0.3, 0.4) is 0 Å². The van der Waals surface area contributed by atoms with E-state index in [2.05, 4.69) is 10.2 Å². The van der Waals surface area contributed by atoms with E-state index < -0.39 is 0 Å². The van der Waals surface area contributed by atoms with E-state index in [1.807, 2.05) is 42.7 Å². The molecule has 1 saturated heterocycles. The zero-order chi connectivity index (χ0) is 16.6. The lowest BCUT2D eigenvalue weighted by Gasteiger charge is -2.33. The predicted molar refractivity (Wildman–Crippen MR) is 88.5 cm³/mol. The first-order chi connectivity index (χ1) is 11.0. The van der Waals surface area contributed by atoms with Crippen LogP contribution in [0.4, 0.5) is 0 Å². The topological polar surface area (TPSA) is 56.0 Å². The minimum Gasteiger partial charge on any atom is -0.339 e. The van der Waals surface area contributed by atoms with Gasteiger partial charge in [-0.2, -0.15) is 10.2 Å². The third-order valence-corrected chi connectivity index (χ3v) is 4.98. The number of carbonyl (C=O) groups excluding carboxylic acids is 1. The fraction of sp³-hybridized carbons (Fsp3) is 0.562. The van der Waals surface area contributed by atoms with E-state index in [0.717, 1.165) is 36.3 Å². The van der Waals surface area contributed by atoms with E-state index in [0.29, 0.717) is 11.6 Å². The van der Waals surface area contributed by atoms with Gasteiger partial charge in [-0.05, 0) is 39.2 Å². The lowest BCUT2D eigenvalue weighted by molar-refractivity contribution is -0.133. The van der Waals surface area contributed by atoms with Crippen molar-refractivity contribution in [3.8, 4) is 0 Å². The van der Waals surface area contributed by atoms with Crippen LogP contribution in [0.1, 0.15) is 35.8 Å². The number of aryl methyl sites for hydroxylation is 2. The number of amides is 1. The molecule has 1 aliphatic heterocycles. The average molecular weight is 336 g/mol. The van der Waals surface area contributed by atoms with Gasteiger partial charge in [-0.3, -0.25) is 14.2 Å². The summed E-state index contributed by atoms with van der Waals surface area (Å²) in [5.74, 6) is 0.0841. The van der Waals surface area contributed by atoms with Gasteiger partial charge in [0.1, 0.15) is 6.54 Å². The van der Waals surface area contributed by atoms with Gasteiger partial charge in [0, 0.05) is 19.3 Å². The smallest absolute Gasteiger partial charge is 0.244 e. The van der Waals surface area contributed by atoms with Crippen molar-refractivity contribution in [1.82, 2.24) is 24.5 Å². The Morgan fingerprint density at radius 2 is 2.17 bits per heavy atom. The molecule has 124 valence electrons. The van der Waals surface area contributed by atoms with Gasteiger partial charge in [-0.1, -0.05) is 11.6 Å². The highest BCUT2D eigenvalue weighted by Crippen LogP contribution is 2.22. The molecule has 0 aromatic carbocycles. The maximum atomic E-state index is 12.6. The van der Waals surface area contributed by atoms with Crippen molar-refractivity contribution in [2.24, 2.45) is 0 Å². The van der Waals surface area contributed by atoms with Crippen molar-refractivity contribution in [1.29, 1.82) is 0 Å². The van der Waals surface area contributed by atoms with Gasteiger partial charge in [-0.15, -0.1) is 0 Å². The molecule has 0 spiro atoms. The van der Waals surface area contributed by atoms with Crippen LogP contribution in [0, 0.1) is 20.8 Å². The molecule has 0 saturated carbocycles. The summed E-state index contributed by atoms with van der Waals surface area (Å²) in [6, 6.07) is 0.255. The molecule has 0 unspecified atom stereocenters. The van der Waals surface area contributed by atoms with E-state index in [1.165, 1.54) is 0 Å². The van der Waals surface area contributed by atoms with Gasteiger partial charge in [-0.25, -0.2) is 0 Å². The molecule has 0 radical (unpaired) electrons. The van der Waals surface area contributed by atoms with E-state index in [4.69, 9.17) is 11.6 Å². The molecule has 0 aliphatic carbocycles. The Labute approximate surface area is 141 Å². The maximum Gasteiger partial charge on any atom is 0.244 e. The summed E-state index contributed by atoms with van der Waals surface area (Å²) in [6.07, 6.45) is 5.95. The monoisotopic (exact) mass is 335 g/mol. The molecule has 7 heteroatoms. The van der Waals surface area contributed by atoms with E-state index in [9.17, 15) is 4.79 Å². The van der Waals surface area contributed by atoms with Gasteiger partial charge >= 0.3 is 0 Å². The van der Waals surface area contributed by atoms with Gasteiger partial charge in [0.15, 0.2) is 0 Å². The summed E-state index contributed by atoms with van der Waals surface area (Å²) in [5, 5.41) is 9.37. The largest absolute Gasteiger partial charge is 0.339 e. The Balaban J connectivity index is 1.68. The fourth-order valence-electron chi connectivity index (χ4n) is 3.09. The summed E-state index contributed by atoms with van der Waals surface area (Å²) in [5.41, 5.74) is 2.75. The first-order valence-electron chi connectivity index (χ1n) is 7.93. The third-order valence-electron chi connectivity index (χ3n) is 4.43. The lowest BCUT2D eigenvalue weighted by Crippen LogP contribution is -2.42. The number of halogens is 1. The molecular weight excluding hydrogens is 314 g/mol. The molecule has 0 bridgehead atoms. The molecule has 2 aromatic heterocycles. The Hall–Kier alpha value is -1.82. The summed E-state index contributed by atoms with van der Waals surface area (Å²) in [7, 11) is 0. The standard InChI is InChI=1S/C16H22ClN5O/c1-11-7-18-22(8-11)14-5-4-6-20(9-14)15(23)10-21-13(3)16(17)12(2)19-21/h7-8,14H,4-6,9-10H2,1-3H3/t14-/m1/s1. The average Bonchev–Trinajstić information content (AvgIpc) is 3.07. The minimum absolute atomic E-state index is 0.0841. The van der Waals surface area contributed by atoms with Gasteiger partial charge in [0.05, 0.1) is 28.6 Å². The predicted octanol–water partition coefficient (Wildman–Crippen LogP) is 2.52. The van der Waals surface area contributed by atoms with Gasteiger partial charge in [0.2, 0.25) is 5.91 Å². The Bertz CT molecular complexity index is 720. The summed E-state index contributed by atoms with van der Waals surface area (Å²) >= 11 is 6.15. The third kappa shape index (κ3) is 3.27. The highest BCUT2D eigenvalue weighted by atomic mass is 35.5. The quantitative estimate of drug-likeness (QED) is 0.866. The van der Waals surface area contributed by atoms with Crippen molar-refractivity contribution in [2.45, 2.75) is 46.2 Å².